The van der Waals surface area contributed by atoms with Crippen molar-refractivity contribution in [2.45, 2.75) is 19.4 Å². The van der Waals surface area contributed by atoms with E-state index in [-0.39, 0.29) is 7.12 Å². The fourth-order valence-corrected chi connectivity index (χ4v) is 1.84. The minimum absolute atomic E-state index is 0.390. The topological polar surface area (TPSA) is 35.8 Å². The molecule has 0 atom stereocenters. The highest BCUT2D eigenvalue weighted by Gasteiger charge is 2.42. The Kier molecular flexibility index (Phi) is 2.06. The molecule has 0 N–H and O–H groups in total. The first kappa shape index (κ1) is 10.4. The Balaban J connectivity index is 1.97. The fourth-order valence-electron chi connectivity index (χ4n) is 1.84. The molecule has 0 aromatic carbocycles. The fraction of sp³-hybridized carbons (Fsp3) is 0.250. The number of fused-ring (bicyclic) bond motifs is 1. The predicted octanol–water partition coefficient (Wildman–Crippen LogP) is 1.37. The van der Waals surface area contributed by atoms with E-state index in [1.54, 1.807) is 6.20 Å². The quantitative estimate of drug-likeness (QED) is 0.691. The average molecular weight is 228 g/mol. The average Bonchev–Trinajstić information content (AvgIpc) is 2.83. The Morgan fingerprint density at radius 2 is 2.24 bits per heavy atom. The lowest BCUT2D eigenvalue weighted by Crippen LogP contribution is -2.34. The van der Waals surface area contributed by atoms with Crippen molar-refractivity contribution in [3.8, 4) is 0 Å². The number of pyridine rings is 1. The number of nitrogens with zero attached hydrogens (tertiary/aromatic N) is 2. The van der Waals surface area contributed by atoms with Gasteiger partial charge in [0, 0.05) is 24.1 Å². The van der Waals surface area contributed by atoms with Gasteiger partial charge in [0.1, 0.15) is 11.2 Å². The number of hydrogen-bond acceptors (Lipinski definition) is 3. The van der Waals surface area contributed by atoms with Crippen molar-refractivity contribution in [3.63, 3.8) is 0 Å². The first-order valence-electron chi connectivity index (χ1n) is 5.53. The summed E-state index contributed by atoms with van der Waals surface area (Å²) in [6.07, 6.45) is 5.61. The molecular formula is C12H13BN2O2. The number of hydrogen-bond donors (Lipinski definition) is 0. The summed E-state index contributed by atoms with van der Waals surface area (Å²) >= 11 is 0. The van der Waals surface area contributed by atoms with Gasteiger partial charge in [0.2, 0.25) is 0 Å². The van der Waals surface area contributed by atoms with Crippen LogP contribution in [0.1, 0.15) is 13.8 Å². The van der Waals surface area contributed by atoms with Crippen LogP contribution in [-0.4, -0.2) is 22.1 Å². The van der Waals surface area contributed by atoms with Crippen LogP contribution in [-0.2, 0) is 9.31 Å². The van der Waals surface area contributed by atoms with Crippen molar-refractivity contribution in [1.82, 2.24) is 9.38 Å². The Bertz CT molecular complexity index is 591. The van der Waals surface area contributed by atoms with Crippen LogP contribution in [0.2, 0.25) is 0 Å². The van der Waals surface area contributed by atoms with E-state index < -0.39 is 5.60 Å². The molecule has 2 aromatic heterocycles. The minimum atomic E-state index is -0.438. The third-order valence-corrected chi connectivity index (χ3v) is 3.02. The largest absolute Gasteiger partial charge is 0.563 e. The molecule has 1 saturated heterocycles. The maximum Gasteiger partial charge on any atom is 0.563 e. The van der Waals surface area contributed by atoms with E-state index in [4.69, 9.17) is 9.31 Å². The van der Waals surface area contributed by atoms with Gasteiger partial charge >= 0.3 is 7.12 Å². The molecule has 0 amide bonds. The molecule has 17 heavy (non-hydrogen) atoms. The van der Waals surface area contributed by atoms with Crippen molar-refractivity contribution < 1.29 is 9.31 Å². The first-order chi connectivity index (χ1) is 8.06. The van der Waals surface area contributed by atoms with E-state index >= 15 is 0 Å². The van der Waals surface area contributed by atoms with E-state index in [0.29, 0.717) is 5.76 Å². The number of imidazole rings is 1. The minimum Gasteiger partial charge on any atom is -0.534 e. The third-order valence-electron chi connectivity index (χ3n) is 3.02. The molecule has 3 rings (SSSR count). The van der Waals surface area contributed by atoms with E-state index in [0.717, 1.165) is 11.1 Å². The Morgan fingerprint density at radius 3 is 2.94 bits per heavy atom. The van der Waals surface area contributed by atoms with E-state index in [9.17, 15) is 0 Å². The highest BCUT2D eigenvalue weighted by Crippen LogP contribution is 2.29. The maximum atomic E-state index is 5.81. The Hall–Kier alpha value is -1.75. The zero-order valence-corrected chi connectivity index (χ0v) is 9.88. The van der Waals surface area contributed by atoms with E-state index in [1.807, 2.05) is 42.8 Å². The molecular weight excluding hydrogens is 215 g/mol. The van der Waals surface area contributed by atoms with Crippen molar-refractivity contribution in [3.05, 3.63) is 43.1 Å². The molecule has 2 aromatic rings. The summed E-state index contributed by atoms with van der Waals surface area (Å²) in [7, 11) is -0.390. The van der Waals surface area contributed by atoms with Crippen molar-refractivity contribution in [1.29, 1.82) is 0 Å². The van der Waals surface area contributed by atoms with Gasteiger partial charge in [-0.2, -0.15) is 0 Å². The molecule has 3 heterocycles. The summed E-state index contributed by atoms with van der Waals surface area (Å²) < 4.78 is 13.4. The Labute approximate surface area is 100 Å². The lowest BCUT2D eigenvalue weighted by atomic mass is 9.80. The molecule has 1 fully saturated rings. The lowest BCUT2D eigenvalue weighted by molar-refractivity contribution is 0.173. The van der Waals surface area contributed by atoms with Gasteiger partial charge in [-0.1, -0.05) is 6.58 Å². The standard InChI is InChI=1S/C12H13BN2O2/c1-9-12(2,3)17-13(16-9)10-4-6-15-7-5-14-11(15)8-10/h4-8H,1H2,2-3H3. The van der Waals surface area contributed by atoms with Crippen molar-refractivity contribution >= 4 is 18.2 Å². The van der Waals surface area contributed by atoms with Crippen molar-refractivity contribution in [2.75, 3.05) is 0 Å². The predicted molar refractivity (Wildman–Crippen MR) is 66.0 cm³/mol. The first-order valence-corrected chi connectivity index (χ1v) is 5.53. The van der Waals surface area contributed by atoms with Crippen LogP contribution >= 0.6 is 0 Å². The van der Waals surface area contributed by atoms with Crippen molar-refractivity contribution in [2.24, 2.45) is 0 Å². The van der Waals surface area contributed by atoms with Crippen LogP contribution in [0.25, 0.3) is 5.65 Å². The molecule has 0 saturated carbocycles. The normalized spacial score (nSPS) is 18.7. The second-order valence-electron chi connectivity index (χ2n) is 4.65. The summed E-state index contributed by atoms with van der Waals surface area (Å²) in [6.45, 7) is 7.76. The summed E-state index contributed by atoms with van der Waals surface area (Å²) in [6, 6.07) is 3.92. The molecule has 0 aliphatic carbocycles. The van der Waals surface area contributed by atoms with Crippen LogP contribution in [0.4, 0.5) is 0 Å². The lowest BCUT2D eigenvalue weighted by Gasteiger charge is -2.15. The highest BCUT2D eigenvalue weighted by molar-refractivity contribution is 6.62. The van der Waals surface area contributed by atoms with E-state index in [1.165, 1.54) is 0 Å². The second kappa shape index (κ2) is 3.37. The highest BCUT2D eigenvalue weighted by atomic mass is 16.7. The summed E-state index contributed by atoms with van der Waals surface area (Å²) in [5.41, 5.74) is 1.40. The van der Waals surface area contributed by atoms with Crippen LogP contribution < -0.4 is 5.46 Å². The molecule has 5 heteroatoms. The Morgan fingerprint density at radius 1 is 1.41 bits per heavy atom. The van der Waals surface area contributed by atoms with Crippen LogP contribution in [0.15, 0.2) is 43.1 Å². The van der Waals surface area contributed by atoms with Crippen LogP contribution in [0.5, 0.6) is 0 Å². The number of rotatable bonds is 1. The SMILES string of the molecule is C=C1OB(c2ccn3ccnc3c2)OC1(C)C. The van der Waals surface area contributed by atoms with Gasteiger partial charge in [0.05, 0.1) is 5.76 Å². The van der Waals surface area contributed by atoms with Gasteiger partial charge in [0.15, 0.2) is 0 Å². The second-order valence-corrected chi connectivity index (χ2v) is 4.65. The van der Waals surface area contributed by atoms with Gasteiger partial charge in [0.25, 0.3) is 0 Å². The van der Waals surface area contributed by atoms with Gasteiger partial charge in [-0.3, -0.25) is 0 Å². The molecule has 1 aliphatic rings. The maximum absolute atomic E-state index is 5.81. The molecule has 0 bridgehead atoms. The van der Waals surface area contributed by atoms with Gasteiger partial charge < -0.3 is 13.7 Å². The zero-order chi connectivity index (χ0) is 12.0. The zero-order valence-electron chi connectivity index (χ0n) is 9.88. The van der Waals surface area contributed by atoms with Crippen LogP contribution in [0.3, 0.4) is 0 Å². The summed E-state index contributed by atoms with van der Waals surface area (Å²) in [4.78, 5) is 4.24. The van der Waals surface area contributed by atoms with Gasteiger partial charge in [-0.25, -0.2) is 4.98 Å². The van der Waals surface area contributed by atoms with E-state index in [2.05, 4.69) is 11.6 Å². The van der Waals surface area contributed by atoms with Gasteiger partial charge in [-0.15, -0.1) is 0 Å². The molecule has 86 valence electrons. The summed E-state index contributed by atoms with van der Waals surface area (Å²) in [5.74, 6) is 0.658. The molecule has 0 unspecified atom stereocenters. The molecule has 0 spiro atoms. The molecule has 0 radical (unpaired) electrons. The molecule has 4 nitrogen and oxygen atoms in total. The smallest absolute Gasteiger partial charge is 0.534 e. The monoisotopic (exact) mass is 228 g/mol. The third kappa shape index (κ3) is 1.63. The summed E-state index contributed by atoms with van der Waals surface area (Å²) in [5, 5.41) is 0. The van der Waals surface area contributed by atoms with Gasteiger partial charge in [-0.05, 0) is 26.0 Å². The number of aromatic nitrogens is 2. The van der Waals surface area contributed by atoms with Crippen LogP contribution in [0, 0.1) is 0 Å². The molecule has 1 aliphatic heterocycles.